The standard InChI is InChI=1S/C14H19BrFN3O2.ClH/c1-8(2)13(17)14(21)19-7-12(20)18-6-9-3-4-10(16)5-11(9)15;/h3-5,8,13H,6-7,17H2,1-2H3,(H,18,20)(H,19,21);1H/t13-;/m0./s1. The van der Waals surface area contributed by atoms with E-state index in [1.165, 1.54) is 12.1 Å². The molecule has 0 fully saturated rings. The zero-order chi connectivity index (χ0) is 16.0. The Morgan fingerprint density at radius 2 is 1.95 bits per heavy atom. The smallest absolute Gasteiger partial charge is 0.239 e. The van der Waals surface area contributed by atoms with Gasteiger partial charge in [-0.25, -0.2) is 4.39 Å². The zero-order valence-electron chi connectivity index (χ0n) is 12.4. The summed E-state index contributed by atoms with van der Waals surface area (Å²) in [6, 6.07) is 3.58. The van der Waals surface area contributed by atoms with Gasteiger partial charge in [-0.1, -0.05) is 35.8 Å². The lowest BCUT2D eigenvalue weighted by Crippen LogP contribution is -2.47. The summed E-state index contributed by atoms with van der Waals surface area (Å²) in [5, 5.41) is 5.11. The van der Waals surface area contributed by atoms with E-state index in [1.807, 2.05) is 13.8 Å². The minimum atomic E-state index is -0.635. The van der Waals surface area contributed by atoms with Crippen molar-refractivity contribution in [2.75, 3.05) is 6.54 Å². The minimum absolute atomic E-state index is 0. The Kier molecular flexibility index (Phi) is 9.24. The molecule has 0 aliphatic rings. The first-order chi connectivity index (χ1) is 9.81. The van der Waals surface area contributed by atoms with Crippen LogP contribution in [0, 0.1) is 11.7 Å². The highest BCUT2D eigenvalue weighted by Gasteiger charge is 2.17. The fourth-order valence-corrected chi connectivity index (χ4v) is 2.00. The van der Waals surface area contributed by atoms with E-state index in [9.17, 15) is 14.0 Å². The number of hydrogen-bond donors (Lipinski definition) is 3. The van der Waals surface area contributed by atoms with E-state index in [4.69, 9.17) is 5.73 Å². The topological polar surface area (TPSA) is 84.2 Å². The first-order valence-electron chi connectivity index (χ1n) is 6.55. The SMILES string of the molecule is CC(C)[C@H](N)C(=O)NCC(=O)NCc1ccc(F)cc1Br.Cl. The van der Waals surface area contributed by atoms with Crippen molar-refractivity contribution in [1.82, 2.24) is 10.6 Å². The normalized spacial score (nSPS) is 11.5. The Bertz CT molecular complexity index is 529. The molecule has 1 rings (SSSR count). The van der Waals surface area contributed by atoms with Crippen LogP contribution in [0.2, 0.25) is 0 Å². The molecule has 0 saturated heterocycles. The summed E-state index contributed by atoms with van der Waals surface area (Å²) in [5.41, 5.74) is 6.41. The lowest BCUT2D eigenvalue weighted by atomic mass is 10.1. The molecular formula is C14H20BrClFN3O2. The van der Waals surface area contributed by atoms with Gasteiger partial charge in [0.2, 0.25) is 11.8 Å². The van der Waals surface area contributed by atoms with Crippen molar-refractivity contribution < 1.29 is 14.0 Å². The summed E-state index contributed by atoms with van der Waals surface area (Å²) in [6.07, 6.45) is 0. The summed E-state index contributed by atoms with van der Waals surface area (Å²) in [6.45, 7) is 3.76. The van der Waals surface area contributed by atoms with Gasteiger partial charge < -0.3 is 16.4 Å². The van der Waals surface area contributed by atoms with Gasteiger partial charge in [0.25, 0.3) is 0 Å². The summed E-state index contributed by atoms with van der Waals surface area (Å²) in [5.74, 6) is -1.05. The molecule has 0 saturated carbocycles. The Hall–Kier alpha value is -1.18. The van der Waals surface area contributed by atoms with E-state index in [2.05, 4.69) is 26.6 Å². The van der Waals surface area contributed by atoms with Crippen LogP contribution in [0.1, 0.15) is 19.4 Å². The molecule has 1 aromatic rings. The summed E-state index contributed by atoms with van der Waals surface area (Å²) in [4.78, 5) is 23.2. The van der Waals surface area contributed by atoms with Crippen molar-refractivity contribution in [2.24, 2.45) is 11.7 Å². The average Bonchev–Trinajstić information content (AvgIpc) is 2.42. The van der Waals surface area contributed by atoms with Crippen molar-refractivity contribution in [3.8, 4) is 0 Å². The van der Waals surface area contributed by atoms with Gasteiger partial charge in [-0.05, 0) is 23.6 Å². The minimum Gasteiger partial charge on any atom is -0.350 e. The highest BCUT2D eigenvalue weighted by atomic mass is 79.9. The molecule has 0 aliphatic carbocycles. The molecule has 0 bridgehead atoms. The maximum Gasteiger partial charge on any atom is 0.239 e. The molecule has 0 aliphatic heterocycles. The van der Waals surface area contributed by atoms with Crippen LogP contribution < -0.4 is 16.4 Å². The van der Waals surface area contributed by atoms with Crippen LogP contribution in [-0.2, 0) is 16.1 Å². The summed E-state index contributed by atoms with van der Waals surface area (Å²) >= 11 is 3.22. The number of nitrogens with two attached hydrogens (primary N) is 1. The van der Waals surface area contributed by atoms with E-state index < -0.39 is 6.04 Å². The van der Waals surface area contributed by atoms with Crippen LogP contribution >= 0.6 is 28.3 Å². The number of amides is 2. The monoisotopic (exact) mass is 395 g/mol. The van der Waals surface area contributed by atoms with Gasteiger partial charge in [0.05, 0.1) is 12.6 Å². The van der Waals surface area contributed by atoms with Crippen LogP contribution in [-0.4, -0.2) is 24.4 Å². The second kappa shape index (κ2) is 9.76. The van der Waals surface area contributed by atoms with E-state index in [-0.39, 0.29) is 49.0 Å². The molecule has 1 aromatic carbocycles. The summed E-state index contributed by atoms with van der Waals surface area (Å²) in [7, 11) is 0. The van der Waals surface area contributed by atoms with Gasteiger partial charge >= 0.3 is 0 Å². The number of nitrogens with one attached hydrogen (secondary N) is 2. The molecule has 5 nitrogen and oxygen atoms in total. The molecule has 2 amide bonds. The Morgan fingerprint density at radius 3 is 2.50 bits per heavy atom. The van der Waals surface area contributed by atoms with E-state index in [1.54, 1.807) is 6.07 Å². The molecule has 124 valence electrons. The van der Waals surface area contributed by atoms with Gasteiger partial charge in [0.15, 0.2) is 0 Å². The largest absolute Gasteiger partial charge is 0.350 e. The number of benzene rings is 1. The maximum absolute atomic E-state index is 12.9. The van der Waals surface area contributed by atoms with Crippen LogP contribution in [0.25, 0.3) is 0 Å². The number of hydrogen-bond acceptors (Lipinski definition) is 3. The van der Waals surface area contributed by atoms with Crippen LogP contribution in [0.3, 0.4) is 0 Å². The molecule has 22 heavy (non-hydrogen) atoms. The predicted molar refractivity (Wildman–Crippen MR) is 89.0 cm³/mol. The molecular weight excluding hydrogens is 377 g/mol. The van der Waals surface area contributed by atoms with Gasteiger partial charge in [0.1, 0.15) is 5.82 Å². The summed E-state index contributed by atoms with van der Waals surface area (Å²) < 4.78 is 13.5. The average molecular weight is 397 g/mol. The fraction of sp³-hybridized carbons (Fsp3) is 0.429. The lowest BCUT2D eigenvalue weighted by molar-refractivity contribution is -0.127. The van der Waals surface area contributed by atoms with Crippen molar-refractivity contribution in [3.05, 3.63) is 34.1 Å². The highest BCUT2D eigenvalue weighted by molar-refractivity contribution is 9.10. The van der Waals surface area contributed by atoms with Gasteiger partial charge in [-0.15, -0.1) is 12.4 Å². The first-order valence-corrected chi connectivity index (χ1v) is 7.34. The molecule has 0 heterocycles. The van der Waals surface area contributed by atoms with E-state index in [0.29, 0.717) is 4.47 Å². The molecule has 8 heteroatoms. The molecule has 1 atom stereocenters. The van der Waals surface area contributed by atoms with Crippen LogP contribution in [0.4, 0.5) is 4.39 Å². The van der Waals surface area contributed by atoms with E-state index in [0.717, 1.165) is 5.56 Å². The third-order valence-electron chi connectivity index (χ3n) is 2.94. The number of rotatable bonds is 6. The molecule has 0 aromatic heterocycles. The zero-order valence-corrected chi connectivity index (χ0v) is 14.8. The lowest BCUT2D eigenvalue weighted by Gasteiger charge is -2.15. The highest BCUT2D eigenvalue weighted by Crippen LogP contribution is 2.17. The first kappa shape index (κ1) is 20.8. The second-order valence-corrected chi connectivity index (χ2v) is 5.85. The van der Waals surface area contributed by atoms with Gasteiger partial charge in [-0.3, -0.25) is 9.59 Å². The van der Waals surface area contributed by atoms with Gasteiger partial charge in [0, 0.05) is 11.0 Å². The number of halogens is 3. The number of carbonyl (C=O) groups excluding carboxylic acids is 2. The fourth-order valence-electron chi connectivity index (χ4n) is 1.51. The van der Waals surface area contributed by atoms with Crippen molar-refractivity contribution >= 4 is 40.2 Å². The second-order valence-electron chi connectivity index (χ2n) is 5.00. The number of carbonyl (C=O) groups is 2. The molecule has 4 N–H and O–H groups in total. The quantitative estimate of drug-likeness (QED) is 0.684. The third-order valence-corrected chi connectivity index (χ3v) is 3.67. The Morgan fingerprint density at radius 1 is 1.32 bits per heavy atom. The predicted octanol–water partition coefficient (Wildman–Crippen LogP) is 1.73. The van der Waals surface area contributed by atoms with Gasteiger partial charge in [-0.2, -0.15) is 0 Å². The Labute approximate surface area is 143 Å². The Balaban J connectivity index is 0.00000441. The maximum atomic E-state index is 12.9. The molecule has 0 spiro atoms. The van der Waals surface area contributed by atoms with E-state index >= 15 is 0 Å². The van der Waals surface area contributed by atoms with Crippen LogP contribution in [0.5, 0.6) is 0 Å². The molecule has 0 radical (unpaired) electrons. The molecule has 0 unspecified atom stereocenters. The third kappa shape index (κ3) is 6.72. The van der Waals surface area contributed by atoms with Crippen LogP contribution in [0.15, 0.2) is 22.7 Å². The van der Waals surface area contributed by atoms with Crippen molar-refractivity contribution in [2.45, 2.75) is 26.4 Å². The van der Waals surface area contributed by atoms with Crippen molar-refractivity contribution in [3.63, 3.8) is 0 Å². The van der Waals surface area contributed by atoms with Crippen molar-refractivity contribution in [1.29, 1.82) is 0 Å².